The summed E-state index contributed by atoms with van der Waals surface area (Å²) in [4.78, 5) is 30.2. The molecule has 0 bridgehead atoms. The predicted octanol–water partition coefficient (Wildman–Crippen LogP) is 2.44. The zero-order valence-electron chi connectivity index (χ0n) is 13.1. The molecule has 122 valence electrons. The van der Waals surface area contributed by atoms with E-state index in [1.807, 2.05) is 26.0 Å². The molecule has 0 saturated carbocycles. The van der Waals surface area contributed by atoms with Gasteiger partial charge in [0, 0.05) is 18.0 Å². The first-order valence-electron chi connectivity index (χ1n) is 7.58. The number of likely N-dealkylation sites (tertiary alicyclic amines) is 1. The van der Waals surface area contributed by atoms with Crippen LogP contribution >= 0.6 is 11.3 Å². The zero-order chi connectivity index (χ0) is 16.6. The SMILES string of the molecule is Cc1ccc(-c2nc(C(=O)N3CC(C(N)=O)CCC3C)cs2)o1. The molecule has 23 heavy (non-hydrogen) atoms. The third kappa shape index (κ3) is 3.14. The van der Waals surface area contributed by atoms with Crippen LogP contribution in [0.1, 0.15) is 36.0 Å². The number of hydrogen-bond acceptors (Lipinski definition) is 5. The van der Waals surface area contributed by atoms with Crippen LogP contribution in [-0.4, -0.2) is 34.3 Å². The van der Waals surface area contributed by atoms with Gasteiger partial charge >= 0.3 is 0 Å². The van der Waals surface area contributed by atoms with Gasteiger partial charge in [-0.15, -0.1) is 11.3 Å². The number of thiazole rings is 1. The number of hydrogen-bond donors (Lipinski definition) is 1. The summed E-state index contributed by atoms with van der Waals surface area (Å²) in [5.74, 6) is 0.681. The highest BCUT2D eigenvalue weighted by Gasteiger charge is 2.33. The minimum absolute atomic E-state index is 0.0779. The number of primary amides is 1. The van der Waals surface area contributed by atoms with Crippen LogP contribution in [0.5, 0.6) is 0 Å². The summed E-state index contributed by atoms with van der Waals surface area (Å²) in [6, 6.07) is 3.78. The van der Waals surface area contributed by atoms with Crippen molar-refractivity contribution in [3.05, 3.63) is 29.0 Å². The average molecular weight is 333 g/mol. The van der Waals surface area contributed by atoms with E-state index in [2.05, 4.69) is 4.98 Å². The highest BCUT2D eigenvalue weighted by Crippen LogP contribution is 2.28. The van der Waals surface area contributed by atoms with Gasteiger partial charge in [0.05, 0.1) is 5.92 Å². The lowest BCUT2D eigenvalue weighted by Crippen LogP contribution is -2.48. The van der Waals surface area contributed by atoms with Crippen LogP contribution in [0.3, 0.4) is 0 Å². The molecule has 0 spiro atoms. The number of amides is 2. The summed E-state index contributed by atoms with van der Waals surface area (Å²) in [5, 5.41) is 2.41. The van der Waals surface area contributed by atoms with Crippen LogP contribution in [0.15, 0.2) is 21.9 Å². The molecule has 1 aliphatic heterocycles. The van der Waals surface area contributed by atoms with Gasteiger partial charge in [0.25, 0.3) is 5.91 Å². The Morgan fingerprint density at radius 2 is 2.17 bits per heavy atom. The van der Waals surface area contributed by atoms with E-state index in [1.165, 1.54) is 11.3 Å². The Balaban J connectivity index is 1.79. The summed E-state index contributed by atoms with van der Waals surface area (Å²) >= 11 is 1.37. The van der Waals surface area contributed by atoms with E-state index in [9.17, 15) is 9.59 Å². The number of aromatic nitrogens is 1. The van der Waals surface area contributed by atoms with E-state index in [-0.39, 0.29) is 23.8 Å². The molecule has 2 aromatic rings. The second-order valence-electron chi connectivity index (χ2n) is 5.93. The van der Waals surface area contributed by atoms with Crippen molar-refractivity contribution in [1.29, 1.82) is 0 Å². The second kappa shape index (κ2) is 6.16. The lowest BCUT2D eigenvalue weighted by molar-refractivity contribution is -0.123. The summed E-state index contributed by atoms with van der Waals surface area (Å²) in [5.41, 5.74) is 5.78. The molecule has 1 saturated heterocycles. The summed E-state index contributed by atoms with van der Waals surface area (Å²) in [7, 11) is 0. The zero-order valence-corrected chi connectivity index (χ0v) is 13.9. The van der Waals surface area contributed by atoms with E-state index in [4.69, 9.17) is 10.2 Å². The summed E-state index contributed by atoms with van der Waals surface area (Å²) in [6.45, 7) is 4.21. The fourth-order valence-electron chi connectivity index (χ4n) is 2.80. The minimum atomic E-state index is -0.347. The summed E-state index contributed by atoms with van der Waals surface area (Å²) in [6.07, 6.45) is 1.50. The summed E-state index contributed by atoms with van der Waals surface area (Å²) < 4.78 is 5.54. The smallest absolute Gasteiger partial charge is 0.273 e. The number of piperidine rings is 1. The molecule has 7 heteroatoms. The van der Waals surface area contributed by atoms with Crippen molar-refractivity contribution < 1.29 is 14.0 Å². The van der Waals surface area contributed by atoms with Gasteiger partial charge in [0.15, 0.2) is 10.8 Å². The molecule has 6 nitrogen and oxygen atoms in total. The number of carbonyl (C=O) groups is 2. The fraction of sp³-hybridized carbons (Fsp3) is 0.438. The largest absolute Gasteiger partial charge is 0.459 e. The van der Waals surface area contributed by atoms with E-state index >= 15 is 0 Å². The normalized spacial score (nSPS) is 21.4. The highest BCUT2D eigenvalue weighted by molar-refractivity contribution is 7.13. The minimum Gasteiger partial charge on any atom is -0.459 e. The van der Waals surface area contributed by atoms with Gasteiger partial charge in [0.2, 0.25) is 5.91 Å². The van der Waals surface area contributed by atoms with Crippen molar-refractivity contribution in [2.24, 2.45) is 11.7 Å². The molecule has 0 radical (unpaired) electrons. The lowest BCUT2D eigenvalue weighted by atomic mass is 9.93. The number of furan rings is 1. The predicted molar refractivity (Wildman–Crippen MR) is 87.0 cm³/mol. The molecular formula is C16H19N3O3S. The van der Waals surface area contributed by atoms with Gasteiger partial charge in [-0.25, -0.2) is 4.98 Å². The fourth-order valence-corrected chi connectivity index (χ4v) is 3.56. The van der Waals surface area contributed by atoms with Gasteiger partial charge in [-0.2, -0.15) is 0 Å². The van der Waals surface area contributed by atoms with Gasteiger partial charge in [-0.1, -0.05) is 0 Å². The highest BCUT2D eigenvalue weighted by atomic mass is 32.1. The van der Waals surface area contributed by atoms with Gasteiger partial charge in [0.1, 0.15) is 11.5 Å². The average Bonchev–Trinajstić information content (AvgIpc) is 3.15. The lowest BCUT2D eigenvalue weighted by Gasteiger charge is -2.36. The maximum absolute atomic E-state index is 12.7. The third-order valence-electron chi connectivity index (χ3n) is 4.22. The van der Waals surface area contributed by atoms with E-state index in [0.717, 1.165) is 18.6 Å². The van der Waals surface area contributed by atoms with Crippen LogP contribution in [-0.2, 0) is 4.79 Å². The third-order valence-corrected chi connectivity index (χ3v) is 5.08. The topological polar surface area (TPSA) is 89.4 Å². The molecular weight excluding hydrogens is 314 g/mol. The Hall–Kier alpha value is -2.15. The van der Waals surface area contributed by atoms with Crippen molar-refractivity contribution >= 4 is 23.2 Å². The molecule has 2 N–H and O–H groups in total. The molecule has 3 rings (SSSR count). The molecule has 2 atom stereocenters. The van der Waals surface area contributed by atoms with E-state index in [0.29, 0.717) is 23.0 Å². The molecule has 0 aromatic carbocycles. The number of nitrogens with zero attached hydrogens (tertiary/aromatic N) is 2. The van der Waals surface area contributed by atoms with Gasteiger partial charge < -0.3 is 15.1 Å². The van der Waals surface area contributed by atoms with E-state index < -0.39 is 0 Å². The van der Waals surface area contributed by atoms with Gasteiger partial charge in [-0.3, -0.25) is 9.59 Å². The van der Waals surface area contributed by atoms with E-state index in [1.54, 1.807) is 10.3 Å². The quantitative estimate of drug-likeness (QED) is 0.934. The Bertz CT molecular complexity index is 737. The monoisotopic (exact) mass is 333 g/mol. The molecule has 1 fully saturated rings. The first-order chi connectivity index (χ1) is 11.0. The number of rotatable bonds is 3. The molecule has 2 unspecified atom stereocenters. The van der Waals surface area contributed by atoms with Crippen LogP contribution < -0.4 is 5.73 Å². The standard InChI is InChI=1S/C16H19N3O3S/c1-9-3-5-11(14(17)20)7-19(9)16(21)12-8-23-15(18-12)13-6-4-10(2)22-13/h4,6,8-9,11H,3,5,7H2,1-2H3,(H2,17,20). The first kappa shape index (κ1) is 15.7. The maximum Gasteiger partial charge on any atom is 0.273 e. The van der Waals surface area contributed by atoms with Crippen LogP contribution in [0.4, 0.5) is 0 Å². The number of aryl methyl sites for hydroxylation is 1. The molecule has 2 aromatic heterocycles. The molecule has 3 heterocycles. The van der Waals surface area contributed by atoms with Crippen molar-refractivity contribution in [3.63, 3.8) is 0 Å². The second-order valence-corrected chi connectivity index (χ2v) is 6.79. The van der Waals surface area contributed by atoms with Crippen LogP contribution in [0, 0.1) is 12.8 Å². The number of carbonyl (C=O) groups excluding carboxylic acids is 2. The van der Waals surface area contributed by atoms with Gasteiger partial charge in [-0.05, 0) is 38.8 Å². The van der Waals surface area contributed by atoms with Crippen molar-refractivity contribution in [1.82, 2.24) is 9.88 Å². The molecule has 1 aliphatic rings. The number of nitrogens with two attached hydrogens (primary N) is 1. The van der Waals surface area contributed by atoms with Crippen molar-refractivity contribution in [3.8, 4) is 10.8 Å². The maximum atomic E-state index is 12.7. The Labute approximate surface area is 138 Å². The Morgan fingerprint density at radius 3 is 2.83 bits per heavy atom. The van der Waals surface area contributed by atoms with Crippen molar-refractivity contribution in [2.45, 2.75) is 32.7 Å². The Kier molecular flexibility index (Phi) is 4.21. The molecule has 0 aliphatic carbocycles. The molecule has 2 amide bonds. The van der Waals surface area contributed by atoms with Crippen molar-refractivity contribution in [2.75, 3.05) is 6.54 Å². The van der Waals surface area contributed by atoms with Crippen LogP contribution in [0.2, 0.25) is 0 Å². The first-order valence-corrected chi connectivity index (χ1v) is 8.46. The Morgan fingerprint density at radius 1 is 1.39 bits per heavy atom. The van der Waals surface area contributed by atoms with Crippen LogP contribution in [0.25, 0.3) is 10.8 Å².